The fraction of sp³-hybridized carbons (Fsp3) is 0.200. The average molecular weight is 374 g/mol. The molecule has 0 spiro atoms. The zero-order valence-corrected chi connectivity index (χ0v) is 13.7. The van der Waals surface area contributed by atoms with Crippen LogP contribution in [0.5, 0.6) is 5.75 Å². The smallest absolute Gasteiger partial charge is 0.148 e. The second-order valence-corrected chi connectivity index (χ2v) is 5.57. The molecule has 2 rings (SSSR count). The van der Waals surface area contributed by atoms with Crippen molar-refractivity contribution < 1.29 is 9.13 Å². The van der Waals surface area contributed by atoms with E-state index in [-0.39, 0.29) is 5.02 Å². The van der Waals surface area contributed by atoms with Gasteiger partial charge in [0.25, 0.3) is 0 Å². The summed E-state index contributed by atoms with van der Waals surface area (Å²) in [6.45, 7) is 2.40. The van der Waals surface area contributed by atoms with E-state index in [0.29, 0.717) is 22.4 Å². The lowest BCUT2D eigenvalue weighted by Crippen LogP contribution is -2.30. The first-order chi connectivity index (χ1) is 10.1. The van der Waals surface area contributed by atoms with Gasteiger partial charge in [0.1, 0.15) is 11.6 Å². The number of hydrogen-bond acceptors (Lipinski definition) is 3. The quantitative estimate of drug-likeness (QED) is 0.469. The Labute approximate surface area is 136 Å². The Hall–Kier alpha value is -1.14. The van der Waals surface area contributed by atoms with Gasteiger partial charge >= 0.3 is 0 Å². The molecule has 112 valence electrons. The van der Waals surface area contributed by atoms with E-state index in [1.165, 1.54) is 0 Å². The number of hydrazine groups is 1. The van der Waals surface area contributed by atoms with E-state index in [4.69, 9.17) is 22.2 Å². The van der Waals surface area contributed by atoms with Gasteiger partial charge in [0.2, 0.25) is 0 Å². The summed E-state index contributed by atoms with van der Waals surface area (Å²) >= 11 is 9.15. The maximum absolute atomic E-state index is 14.4. The topological polar surface area (TPSA) is 47.3 Å². The van der Waals surface area contributed by atoms with Crippen LogP contribution in [-0.4, -0.2) is 6.61 Å². The largest absolute Gasteiger partial charge is 0.494 e. The molecule has 21 heavy (non-hydrogen) atoms. The van der Waals surface area contributed by atoms with Crippen LogP contribution in [0.4, 0.5) is 4.39 Å². The van der Waals surface area contributed by atoms with E-state index in [1.54, 1.807) is 12.1 Å². The summed E-state index contributed by atoms with van der Waals surface area (Å²) < 4.78 is 20.5. The van der Waals surface area contributed by atoms with Crippen LogP contribution >= 0.6 is 27.5 Å². The van der Waals surface area contributed by atoms with Gasteiger partial charge in [0.05, 0.1) is 17.7 Å². The lowest BCUT2D eigenvalue weighted by atomic mass is 9.98. The Morgan fingerprint density at radius 1 is 1.29 bits per heavy atom. The Morgan fingerprint density at radius 2 is 2.00 bits per heavy atom. The molecule has 1 atom stereocenters. The average Bonchev–Trinajstić information content (AvgIpc) is 2.49. The highest BCUT2D eigenvalue weighted by Crippen LogP contribution is 2.35. The Morgan fingerprint density at radius 3 is 2.67 bits per heavy atom. The molecule has 6 heteroatoms. The Kier molecular flexibility index (Phi) is 5.58. The summed E-state index contributed by atoms with van der Waals surface area (Å²) in [5.41, 5.74) is 3.74. The number of nitrogens with two attached hydrogens (primary N) is 1. The molecule has 0 saturated heterocycles. The van der Waals surface area contributed by atoms with Crippen LogP contribution in [0.1, 0.15) is 24.1 Å². The lowest BCUT2D eigenvalue weighted by molar-refractivity contribution is 0.333. The fourth-order valence-electron chi connectivity index (χ4n) is 2.12. The Bertz CT molecular complexity index is 639. The molecule has 2 aromatic carbocycles. The second kappa shape index (κ2) is 7.22. The van der Waals surface area contributed by atoms with Crippen molar-refractivity contribution in [3.8, 4) is 5.75 Å². The highest BCUT2D eigenvalue weighted by molar-refractivity contribution is 9.10. The number of rotatable bonds is 5. The first-order valence-electron chi connectivity index (χ1n) is 6.41. The van der Waals surface area contributed by atoms with E-state index in [1.807, 2.05) is 31.2 Å². The SMILES string of the molecule is CCOc1ccccc1C(NN)c1ccc(Br)c(Cl)c1F. The molecular formula is C15H15BrClFN2O. The molecule has 1 unspecified atom stereocenters. The zero-order valence-electron chi connectivity index (χ0n) is 11.4. The number of benzene rings is 2. The molecule has 0 aliphatic carbocycles. The summed E-state index contributed by atoms with van der Waals surface area (Å²) in [7, 11) is 0. The second-order valence-electron chi connectivity index (χ2n) is 4.34. The number of halogens is 3. The minimum absolute atomic E-state index is 0.0293. The molecular weight excluding hydrogens is 359 g/mol. The van der Waals surface area contributed by atoms with Gasteiger partial charge in [-0.15, -0.1) is 0 Å². The van der Waals surface area contributed by atoms with E-state index in [9.17, 15) is 4.39 Å². The van der Waals surface area contributed by atoms with E-state index >= 15 is 0 Å². The summed E-state index contributed by atoms with van der Waals surface area (Å²) in [5, 5.41) is 0.0293. The summed E-state index contributed by atoms with van der Waals surface area (Å²) in [5.74, 6) is 5.77. The van der Waals surface area contributed by atoms with Gasteiger partial charge in [-0.3, -0.25) is 5.84 Å². The number of hydrogen-bond donors (Lipinski definition) is 2. The molecule has 0 amide bonds. The third-order valence-electron chi connectivity index (χ3n) is 3.07. The van der Waals surface area contributed by atoms with Gasteiger partial charge in [0.15, 0.2) is 0 Å². The maximum atomic E-state index is 14.4. The molecule has 0 aliphatic heterocycles. The Balaban J connectivity index is 2.53. The molecule has 0 aromatic heterocycles. The minimum atomic E-state index is -0.557. The van der Waals surface area contributed by atoms with Crippen LogP contribution < -0.4 is 16.0 Å². The molecule has 0 heterocycles. The van der Waals surface area contributed by atoms with Crippen LogP contribution in [-0.2, 0) is 0 Å². The number of ether oxygens (including phenoxy) is 1. The van der Waals surface area contributed by atoms with E-state index in [2.05, 4.69) is 21.4 Å². The highest BCUT2D eigenvalue weighted by Gasteiger charge is 2.22. The first-order valence-corrected chi connectivity index (χ1v) is 7.58. The van der Waals surface area contributed by atoms with Gasteiger partial charge in [-0.25, -0.2) is 9.82 Å². The van der Waals surface area contributed by atoms with Crippen molar-refractivity contribution in [2.45, 2.75) is 13.0 Å². The molecule has 0 aliphatic rings. The standard InChI is InChI=1S/C15H15BrClFN2O/c1-2-21-12-6-4-3-5-9(12)15(20-19)10-7-8-11(16)13(17)14(10)18/h3-8,15,20H,2,19H2,1H3. The third-order valence-corrected chi connectivity index (χ3v) is 4.33. The fourth-order valence-corrected chi connectivity index (χ4v) is 2.60. The third kappa shape index (κ3) is 3.37. The molecule has 0 radical (unpaired) electrons. The molecule has 3 nitrogen and oxygen atoms in total. The predicted octanol–water partition coefficient (Wildman–Crippen LogP) is 4.19. The molecule has 2 aromatic rings. The monoisotopic (exact) mass is 372 g/mol. The van der Waals surface area contributed by atoms with E-state index in [0.717, 1.165) is 5.56 Å². The van der Waals surface area contributed by atoms with Crippen molar-refractivity contribution in [3.63, 3.8) is 0 Å². The van der Waals surface area contributed by atoms with Crippen LogP contribution in [0.3, 0.4) is 0 Å². The van der Waals surface area contributed by atoms with Crippen LogP contribution in [0, 0.1) is 5.82 Å². The van der Waals surface area contributed by atoms with Crippen molar-refractivity contribution in [1.82, 2.24) is 5.43 Å². The van der Waals surface area contributed by atoms with Crippen molar-refractivity contribution in [1.29, 1.82) is 0 Å². The zero-order chi connectivity index (χ0) is 15.4. The highest BCUT2D eigenvalue weighted by atomic mass is 79.9. The normalized spacial score (nSPS) is 12.2. The van der Waals surface area contributed by atoms with Gasteiger partial charge in [-0.2, -0.15) is 0 Å². The van der Waals surface area contributed by atoms with Gasteiger partial charge < -0.3 is 4.74 Å². The lowest BCUT2D eigenvalue weighted by Gasteiger charge is -2.21. The predicted molar refractivity (Wildman–Crippen MR) is 85.9 cm³/mol. The van der Waals surface area contributed by atoms with Gasteiger partial charge in [0, 0.05) is 15.6 Å². The molecule has 0 bridgehead atoms. The summed E-state index contributed by atoms with van der Waals surface area (Å²) in [6, 6.07) is 10.1. The molecule has 0 fully saturated rings. The van der Waals surface area contributed by atoms with Gasteiger partial charge in [-0.1, -0.05) is 35.9 Å². The summed E-state index contributed by atoms with van der Waals surface area (Å²) in [4.78, 5) is 0. The van der Waals surface area contributed by atoms with E-state index < -0.39 is 11.9 Å². The van der Waals surface area contributed by atoms with Crippen molar-refractivity contribution >= 4 is 27.5 Å². The molecule has 0 saturated carbocycles. The van der Waals surface area contributed by atoms with Crippen molar-refractivity contribution in [2.75, 3.05) is 6.61 Å². The summed E-state index contributed by atoms with van der Waals surface area (Å²) in [6.07, 6.45) is 0. The van der Waals surface area contributed by atoms with Crippen molar-refractivity contribution in [3.05, 3.63) is 62.8 Å². The van der Waals surface area contributed by atoms with Gasteiger partial charge in [-0.05, 0) is 35.0 Å². The maximum Gasteiger partial charge on any atom is 0.148 e. The number of para-hydroxylation sites is 1. The first kappa shape index (κ1) is 16.2. The van der Waals surface area contributed by atoms with Crippen LogP contribution in [0.25, 0.3) is 0 Å². The van der Waals surface area contributed by atoms with Crippen LogP contribution in [0.2, 0.25) is 5.02 Å². The van der Waals surface area contributed by atoms with Crippen molar-refractivity contribution in [2.24, 2.45) is 5.84 Å². The number of nitrogens with one attached hydrogen (secondary N) is 1. The molecule has 3 N–H and O–H groups in total. The minimum Gasteiger partial charge on any atom is -0.494 e. The van der Waals surface area contributed by atoms with Crippen LogP contribution in [0.15, 0.2) is 40.9 Å².